The van der Waals surface area contributed by atoms with Crippen molar-refractivity contribution in [1.82, 2.24) is 35.1 Å². The van der Waals surface area contributed by atoms with Gasteiger partial charge in [0.2, 0.25) is 0 Å². The molecule has 4 rings (SSSR count). The van der Waals surface area contributed by atoms with Crippen LogP contribution in [0, 0.1) is 13.8 Å². The summed E-state index contributed by atoms with van der Waals surface area (Å²) >= 11 is 6.08. The molecular formula is C25H20ClF7N8O2. The van der Waals surface area contributed by atoms with E-state index in [1.54, 1.807) is 26.0 Å². The minimum absolute atomic E-state index is 0.0472. The number of hydrogen-bond donors (Lipinski definition) is 2. The molecule has 0 unspecified atom stereocenters. The molecule has 18 heteroatoms. The van der Waals surface area contributed by atoms with Gasteiger partial charge in [-0.1, -0.05) is 17.7 Å². The summed E-state index contributed by atoms with van der Waals surface area (Å²) in [5.41, 5.74) is -1.03. The van der Waals surface area contributed by atoms with Crippen molar-refractivity contribution >= 4 is 29.1 Å². The molecule has 0 atom stereocenters. The molecule has 0 aliphatic heterocycles. The number of nitrogens with one attached hydrogen (secondary N) is 2. The van der Waals surface area contributed by atoms with Gasteiger partial charge in [0.15, 0.2) is 11.5 Å². The maximum absolute atomic E-state index is 14.1. The standard InChI is InChI=1S/C25H20ClF7N8O2/c1-12-5-4-6-35-20(12)41-17(22(43)37-19-13(2)7-14(26)8-16(19)21(42)34-3)9-15(38-41)11-40-36-10-18(39-40)23(27,28)24(29,30)25(31,32)33/h4-10H,11H2,1-3H3,(H,34,42)(H,37,43). The zero-order valence-corrected chi connectivity index (χ0v) is 23.0. The summed E-state index contributed by atoms with van der Waals surface area (Å²) in [6, 6.07) is 7.30. The van der Waals surface area contributed by atoms with Crippen LogP contribution in [0.3, 0.4) is 0 Å². The number of nitrogens with zero attached hydrogens (tertiary/aromatic N) is 6. The zero-order chi connectivity index (χ0) is 31.9. The molecule has 3 heterocycles. The van der Waals surface area contributed by atoms with Gasteiger partial charge in [-0.2, -0.15) is 50.8 Å². The Morgan fingerprint density at radius 2 is 1.67 bits per heavy atom. The van der Waals surface area contributed by atoms with Gasteiger partial charge in [-0.25, -0.2) is 9.67 Å². The van der Waals surface area contributed by atoms with Crippen molar-refractivity contribution in [3.8, 4) is 5.82 Å². The Labute approximate surface area is 242 Å². The SMILES string of the molecule is CNC(=O)c1cc(Cl)cc(C)c1NC(=O)c1cc(Cn2ncc(C(F)(F)C(F)(F)C(F)(F)F)n2)nn1-c1ncccc1C. The lowest BCUT2D eigenvalue weighted by Gasteiger charge is -2.26. The van der Waals surface area contributed by atoms with E-state index in [1.165, 1.54) is 31.4 Å². The molecule has 4 aromatic rings. The van der Waals surface area contributed by atoms with E-state index >= 15 is 0 Å². The first kappa shape index (κ1) is 31.4. The van der Waals surface area contributed by atoms with Crippen LogP contribution in [-0.2, 0) is 12.5 Å². The molecule has 0 saturated carbocycles. The molecule has 0 aliphatic carbocycles. The number of carbonyl (C=O) groups is 2. The van der Waals surface area contributed by atoms with Crippen molar-refractivity contribution in [2.45, 2.75) is 38.4 Å². The van der Waals surface area contributed by atoms with E-state index < -0.39 is 42.1 Å². The van der Waals surface area contributed by atoms with Crippen LogP contribution < -0.4 is 10.6 Å². The van der Waals surface area contributed by atoms with Crippen LogP contribution in [0.1, 0.15) is 43.4 Å². The number of hydrogen-bond acceptors (Lipinski definition) is 6. The summed E-state index contributed by atoms with van der Waals surface area (Å²) in [6.45, 7) is 2.64. The number of pyridine rings is 1. The summed E-state index contributed by atoms with van der Waals surface area (Å²) in [7, 11) is 1.38. The number of benzene rings is 1. The molecule has 0 aliphatic rings. The van der Waals surface area contributed by atoms with E-state index in [-0.39, 0.29) is 39.7 Å². The smallest absolute Gasteiger partial charge is 0.355 e. The van der Waals surface area contributed by atoms with Crippen LogP contribution in [-0.4, -0.2) is 60.7 Å². The molecule has 1 aromatic carbocycles. The maximum Gasteiger partial charge on any atom is 0.460 e. The third-order valence-corrected chi connectivity index (χ3v) is 6.32. The van der Waals surface area contributed by atoms with E-state index in [0.29, 0.717) is 15.9 Å². The lowest BCUT2D eigenvalue weighted by molar-refractivity contribution is -0.360. The second-order valence-electron chi connectivity index (χ2n) is 9.16. The van der Waals surface area contributed by atoms with Gasteiger partial charge in [0.1, 0.15) is 12.2 Å². The number of halogens is 8. The number of anilines is 1. The number of alkyl halides is 7. The number of aromatic nitrogens is 6. The quantitative estimate of drug-likeness (QED) is 0.262. The molecule has 0 bridgehead atoms. The highest BCUT2D eigenvalue weighted by Gasteiger charge is 2.74. The van der Waals surface area contributed by atoms with Gasteiger partial charge in [-0.05, 0) is 49.2 Å². The van der Waals surface area contributed by atoms with Crippen LogP contribution in [0.15, 0.2) is 42.7 Å². The van der Waals surface area contributed by atoms with E-state index in [2.05, 4.69) is 30.9 Å². The predicted octanol–water partition coefficient (Wildman–Crippen LogP) is 5.08. The predicted molar refractivity (Wildman–Crippen MR) is 138 cm³/mol. The van der Waals surface area contributed by atoms with Gasteiger partial charge in [-0.3, -0.25) is 9.59 Å². The van der Waals surface area contributed by atoms with Crippen LogP contribution in [0.5, 0.6) is 0 Å². The highest BCUT2D eigenvalue weighted by molar-refractivity contribution is 6.31. The number of amides is 2. The van der Waals surface area contributed by atoms with E-state index in [4.69, 9.17) is 11.6 Å². The molecule has 10 nitrogen and oxygen atoms in total. The number of carbonyl (C=O) groups excluding carboxylic acids is 2. The topological polar surface area (TPSA) is 120 Å². The van der Waals surface area contributed by atoms with Gasteiger partial charge in [0.25, 0.3) is 11.8 Å². The second kappa shape index (κ2) is 11.3. The minimum Gasteiger partial charge on any atom is -0.355 e. The van der Waals surface area contributed by atoms with Crippen LogP contribution >= 0.6 is 11.6 Å². The highest BCUT2D eigenvalue weighted by atomic mass is 35.5. The van der Waals surface area contributed by atoms with Crippen molar-refractivity contribution in [3.63, 3.8) is 0 Å². The second-order valence-corrected chi connectivity index (χ2v) is 9.60. The Bertz CT molecular complexity index is 1700. The average Bonchev–Trinajstić information content (AvgIpc) is 3.57. The third-order valence-electron chi connectivity index (χ3n) is 6.10. The van der Waals surface area contributed by atoms with Crippen molar-refractivity contribution in [1.29, 1.82) is 0 Å². The van der Waals surface area contributed by atoms with Gasteiger partial charge >= 0.3 is 18.0 Å². The Morgan fingerprint density at radius 1 is 0.977 bits per heavy atom. The van der Waals surface area contributed by atoms with Crippen LogP contribution in [0.4, 0.5) is 36.4 Å². The highest BCUT2D eigenvalue weighted by Crippen LogP contribution is 2.51. The lowest BCUT2D eigenvalue weighted by atomic mass is 10.1. The summed E-state index contributed by atoms with van der Waals surface area (Å²) in [5.74, 6) is -13.3. The van der Waals surface area contributed by atoms with Crippen molar-refractivity contribution in [2.75, 3.05) is 12.4 Å². The van der Waals surface area contributed by atoms with Gasteiger partial charge < -0.3 is 10.6 Å². The van der Waals surface area contributed by atoms with Crippen LogP contribution in [0.25, 0.3) is 5.82 Å². The fourth-order valence-corrected chi connectivity index (χ4v) is 4.20. The maximum atomic E-state index is 14.1. The van der Waals surface area contributed by atoms with Gasteiger partial charge in [0.05, 0.1) is 23.1 Å². The van der Waals surface area contributed by atoms with Crippen LogP contribution in [0.2, 0.25) is 5.02 Å². The Morgan fingerprint density at radius 3 is 2.30 bits per heavy atom. The zero-order valence-electron chi connectivity index (χ0n) is 22.3. The Hall–Kier alpha value is -4.54. The first-order chi connectivity index (χ1) is 20.0. The van der Waals surface area contributed by atoms with Crippen molar-refractivity contribution in [2.24, 2.45) is 0 Å². The minimum atomic E-state index is -6.55. The van der Waals surface area contributed by atoms with Crippen molar-refractivity contribution < 1.29 is 40.3 Å². The molecule has 2 amide bonds. The molecule has 43 heavy (non-hydrogen) atoms. The Balaban J connectivity index is 1.73. The molecule has 228 valence electrons. The fraction of sp³-hybridized carbons (Fsp3) is 0.280. The van der Waals surface area contributed by atoms with E-state index in [9.17, 15) is 40.3 Å². The summed E-state index contributed by atoms with van der Waals surface area (Å²) in [6.07, 6.45) is -5.07. The summed E-state index contributed by atoms with van der Waals surface area (Å²) in [4.78, 5) is 30.6. The number of aryl methyl sites for hydroxylation is 2. The first-order valence-corrected chi connectivity index (χ1v) is 12.4. The van der Waals surface area contributed by atoms with Gasteiger partial charge in [0, 0.05) is 18.3 Å². The normalized spacial score (nSPS) is 12.3. The monoisotopic (exact) mass is 632 g/mol. The average molecular weight is 633 g/mol. The molecular weight excluding hydrogens is 613 g/mol. The first-order valence-electron chi connectivity index (χ1n) is 12.1. The summed E-state index contributed by atoms with van der Waals surface area (Å²) < 4.78 is 94.1. The van der Waals surface area contributed by atoms with E-state index in [0.717, 1.165) is 4.68 Å². The van der Waals surface area contributed by atoms with Gasteiger partial charge in [-0.15, -0.1) is 0 Å². The largest absolute Gasteiger partial charge is 0.460 e. The lowest BCUT2D eigenvalue weighted by Crippen LogP contribution is -2.50. The fourth-order valence-electron chi connectivity index (χ4n) is 3.93. The van der Waals surface area contributed by atoms with E-state index in [1.807, 2.05) is 0 Å². The number of rotatable bonds is 8. The molecule has 3 aromatic heterocycles. The van der Waals surface area contributed by atoms with Crippen molar-refractivity contribution in [3.05, 3.63) is 81.5 Å². The molecule has 0 radical (unpaired) electrons. The third kappa shape index (κ3) is 5.89. The molecule has 0 saturated heterocycles. The molecule has 0 fully saturated rings. The Kier molecular flexibility index (Phi) is 8.23. The molecule has 2 N–H and O–H groups in total. The molecule has 0 spiro atoms. The summed E-state index contributed by atoms with van der Waals surface area (Å²) in [5, 5.41) is 16.0.